The van der Waals surface area contributed by atoms with Crippen LogP contribution in [-0.2, 0) is 27.3 Å². The molecule has 8 rings (SSSR count). The van der Waals surface area contributed by atoms with Gasteiger partial charge in [0.1, 0.15) is 6.04 Å². The molecule has 2 N–H and O–H groups in total. The first-order valence-electron chi connectivity index (χ1n) is 17.1. The Hall–Kier alpha value is -3.22. The molecule has 11 nitrogen and oxygen atoms in total. The number of carbonyl (C=O) groups is 2. The Labute approximate surface area is 272 Å². The van der Waals surface area contributed by atoms with Gasteiger partial charge in [-0.25, -0.2) is 9.69 Å². The van der Waals surface area contributed by atoms with E-state index < -0.39 is 18.0 Å². The Morgan fingerprint density at radius 3 is 2.52 bits per heavy atom. The minimum absolute atomic E-state index is 0.0443. The molecular formula is C35H49N7O4. The molecule has 3 atom stereocenters. The fourth-order valence-corrected chi connectivity index (χ4v) is 7.80. The maximum absolute atomic E-state index is 14.1. The zero-order valence-electron chi connectivity index (χ0n) is 27.5. The van der Waals surface area contributed by atoms with Crippen LogP contribution in [0.15, 0.2) is 42.5 Å². The molecule has 0 aliphatic carbocycles. The predicted octanol–water partition coefficient (Wildman–Crippen LogP) is 3.13. The Morgan fingerprint density at radius 2 is 1.76 bits per heavy atom. The molecule has 6 heterocycles. The lowest BCUT2D eigenvalue weighted by molar-refractivity contribution is -0.441. The third-order valence-electron chi connectivity index (χ3n) is 10.9. The summed E-state index contributed by atoms with van der Waals surface area (Å²) in [5, 5.41) is 8.18. The summed E-state index contributed by atoms with van der Waals surface area (Å²) in [5.74, 6) is -0.864. The summed E-state index contributed by atoms with van der Waals surface area (Å²) < 4.78 is 6.39. The molecule has 6 aliphatic heterocycles. The molecule has 46 heavy (non-hydrogen) atoms. The number of hydrogen-bond donors (Lipinski definition) is 2. The van der Waals surface area contributed by atoms with E-state index in [1.807, 2.05) is 17.0 Å². The topological polar surface area (TPSA) is 92.9 Å². The summed E-state index contributed by atoms with van der Waals surface area (Å²) in [5.41, 5.74) is 5.69. The number of piperidine rings is 2. The maximum Gasteiger partial charge on any atom is 0.427 e. The highest BCUT2D eigenvalue weighted by Gasteiger charge is 2.60. The van der Waals surface area contributed by atoms with Gasteiger partial charge >= 0.3 is 6.09 Å². The van der Waals surface area contributed by atoms with E-state index in [1.165, 1.54) is 16.7 Å². The van der Waals surface area contributed by atoms with Crippen LogP contribution in [0.25, 0.3) is 0 Å². The molecule has 2 aromatic rings. The van der Waals surface area contributed by atoms with Crippen molar-refractivity contribution in [2.45, 2.75) is 76.5 Å². The van der Waals surface area contributed by atoms with Gasteiger partial charge in [-0.2, -0.15) is 0 Å². The molecule has 0 saturated carbocycles. The van der Waals surface area contributed by atoms with E-state index in [9.17, 15) is 9.59 Å². The predicted molar refractivity (Wildman–Crippen MR) is 176 cm³/mol. The number of likely N-dealkylation sites (tertiary alicyclic amines) is 1. The number of anilines is 1. The van der Waals surface area contributed by atoms with Gasteiger partial charge in [0, 0.05) is 76.9 Å². The number of amides is 2. The first kappa shape index (κ1) is 31.4. The number of para-hydroxylation sites is 1. The van der Waals surface area contributed by atoms with Crippen molar-refractivity contribution >= 4 is 17.7 Å². The molecule has 0 spiro atoms. The van der Waals surface area contributed by atoms with Gasteiger partial charge in [-0.1, -0.05) is 41.5 Å². The van der Waals surface area contributed by atoms with Crippen molar-refractivity contribution < 1.29 is 19.2 Å². The van der Waals surface area contributed by atoms with E-state index in [1.54, 1.807) is 5.06 Å². The van der Waals surface area contributed by atoms with Crippen LogP contribution in [0.3, 0.4) is 0 Å². The first-order valence-corrected chi connectivity index (χ1v) is 17.1. The van der Waals surface area contributed by atoms with E-state index in [0.29, 0.717) is 45.3 Å². The molecule has 11 heteroatoms. The molecule has 5 fully saturated rings. The molecule has 2 aromatic carbocycles. The van der Waals surface area contributed by atoms with Crippen molar-refractivity contribution in [2.75, 3.05) is 64.8 Å². The fourth-order valence-electron chi connectivity index (χ4n) is 7.80. The number of carbonyl (C=O) groups excluding carboxylic acids is 2. The van der Waals surface area contributed by atoms with Crippen LogP contribution in [0.2, 0.25) is 0 Å². The van der Waals surface area contributed by atoms with Gasteiger partial charge in [-0.3, -0.25) is 9.69 Å². The Morgan fingerprint density at radius 1 is 1.00 bits per heavy atom. The van der Waals surface area contributed by atoms with E-state index in [2.05, 4.69) is 76.6 Å². The van der Waals surface area contributed by atoms with Crippen molar-refractivity contribution in [2.24, 2.45) is 0 Å². The SMILES string of the molecule is Cc1ccc(CC(NC(=O)ON2CCC3C[C@]2(N2CNc4ccccc4C2)O3)C(=O)N2CCC(N3CCN(C)CC3)CC2)cc1C. The Bertz CT molecular complexity index is 1420. The highest BCUT2D eigenvalue weighted by atomic mass is 16.8. The zero-order chi connectivity index (χ0) is 31.8. The van der Waals surface area contributed by atoms with Crippen LogP contribution in [0.4, 0.5) is 10.5 Å². The third kappa shape index (κ3) is 6.35. The van der Waals surface area contributed by atoms with Crippen LogP contribution < -0.4 is 10.6 Å². The lowest BCUT2D eigenvalue weighted by Crippen LogP contribution is -2.75. The Balaban J connectivity index is 1.03. The normalized spacial score (nSPS) is 26.8. The number of aryl methyl sites for hydroxylation is 2. The number of fused-ring (bicyclic) bond motifs is 3. The van der Waals surface area contributed by atoms with Crippen molar-refractivity contribution in [1.82, 2.24) is 30.0 Å². The summed E-state index contributed by atoms with van der Waals surface area (Å²) in [6, 6.07) is 14.3. The minimum Gasteiger partial charge on any atom is -0.372 e. The van der Waals surface area contributed by atoms with E-state index >= 15 is 0 Å². The van der Waals surface area contributed by atoms with E-state index in [4.69, 9.17) is 9.57 Å². The van der Waals surface area contributed by atoms with Crippen LogP contribution in [0, 0.1) is 13.8 Å². The maximum atomic E-state index is 14.1. The van der Waals surface area contributed by atoms with Crippen molar-refractivity contribution in [3.63, 3.8) is 0 Å². The quantitative estimate of drug-likeness (QED) is 0.478. The smallest absolute Gasteiger partial charge is 0.372 e. The second-order valence-electron chi connectivity index (χ2n) is 13.9. The van der Waals surface area contributed by atoms with Crippen LogP contribution in [-0.4, -0.2) is 120 Å². The molecule has 0 radical (unpaired) electrons. The largest absolute Gasteiger partial charge is 0.427 e. The number of ether oxygens (including phenoxy) is 1. The van der Waals surface area contributed by atoms with E-state index in [-0.39, 0.29) is 12.0 Å². The van der Waals surface area contributed by atoms with Crippen molar-refractivity contribution in [3.8, 4) is 0 Å². The van der Waals surface area contributed by atoms with Crippen LogP contribution in [0.5, 0.6) is 0 Å². The molecule has 2 amide bonds. The van der Waals surface area contributed by atoms with E-state index in [0.717, 1.165) is 63.1 Å². The lowest BCUT2D eigenvalue weighted by Gasteiger charge is -2.61. The second-order valence-corrected chi connectivity index (χ2v) is 13.9. The lowest BCUT2D eigenvalue weighted by atomic mass is 9.94. The number of benzene rings is 2. The molecule has 2 unspecified atom stereocenters. The summed E-state index contributed by atoms with van der Waals surface area (Å²) in [6.45, 7) is 11.8. The number of hydrogen-bond acceptors (Lipinski definition) is 9. The summed E-state index contributed by atoms with van der Waals surface area (Å²) in [7, 11) is 2.18. The first-order chi connectivity index (χ1) is 22.3. The van der Waals surface area contributed by atoms with Gasteiger partial charge < -0.3 is 30.0 Å². The molecule has 2 bridgehead atoms. The van der Waals surface area contributed by atoms with Gasteiger partial charge in [0.15, 0.2) is 0 Å². The number of hydroxylamine groups is 2. The van der Waals surface area contributed by atoms with Crippen molar-refractivity contribution in [1.29, 1.82) is 0 Å². The van der Waals surface area contributed by atoms with Gasteiger partial charge in [-0.15, -0.1) is 0 Å². The number of piperazine rings is 1. The molecule has 0 aromatic heterocycles. The number of rotatable bonds is 7. The standard InChI is InChI=1S/C35H49N7O4/c1-25-8-9-27(20-26(25)2)21-32(33(43)40-13-10-29(11-14-40)39-18-16-38(3)17-19-39)37-34(44)46-42-15-12-30-22-35(42,45-30)41-23-28-6-4-5-7-31(28)36-24-41/h4-9,20,29-30,32,36H,10-19,21-24H2,1-3H3,(H,37,44)/t30?,32?,35-/m1/s1. The van der Waals surface area contributed by atoms with Gasteiger partial charge in [0.2, 0.25) is 11.8 Å². The minimum atomic E-state index is -0.820. The summed E-state index contributed by atoms with van der Waals surface area (Å²) in [4.78, 5) is 42.9. The molecule has 5 saturated heterocycles. The number of likely N-dealkylation sites (N-methyl/N-ethyl adjacent to an activating group) is 1. The highest BCUT2D eigenvalue weighted by molar-refractivity contribution is 5.86. The second kappa shape index (κ2) is 13.1. The van der Waals surface area contributed by atoms with Crippen molar-refractivity contribution in [3.05, 3.63) is 64.7 Å². The molecule has 248 valence electrons. The third-order valence-corrected chi connectivity index (χ3v) is 10.9. The summed E-state index contributed by atoms with van der Waals surface area (Å²) >= 11 is 0. The van der Waals surface area contributed by atoms with Gasteiger partial charge in [-0.05, 0) is 68.5 Å². The highest BCUT2D eigenvalue weighted by Crippen LogP contribution is 2.46. The number of nitrogens with one attached hydrogen (secondary N) is 2. The fraction of sp³-hybridized carbons (Fsp3) is 0.600. The van der Waals surface area contributed by atoms with Gasteiger partial charge in [0.05, 0.1) is 12.8 Å². The Kier molecular flexibility index (Phi) is 8.95. The zero-order valence-corrected chi connectivity index (χ0v) is 27.5. The average Bonchev–Trinajstić information content (AvgIpc) is 3.05. The monoisotopic (exact) mass is 631 g/mol. The van der Waals surface area contributed by atoms with Gasteiger partial charge in [0.25, 0.3) is 0 Å². The molecular weight excluding hydrogens is 582 g/mol. The summed E-state index contributed by atoms with van der Waals surface area (Å²) in [6.07, 6.45) is 3.42. The average molecular weight is 632 g/mol. The van der Waals surface area contributed by atoms with Crippen LogP contribution in [0.1, 0.15) is 47.9 Å². The molecule has 6 aliphatic rings. The number of nitrogens with zero attached hydrogens (tertiary/aromatic N) is 5. The van der Waals surface area contributed by atoms with Crippen LogP contribution >= 0.6 is 0 Å².